The van der Waals surface area contributed by atoms with Crippen molar-refractivity contribution in [1.82, 2.24) is 20.5 Å². The molecule has 2 heterocycles. The number of carbonyl (C=O) groups excluding carboxylic acids is 1. The van der Waals surface area contributed by atoms with Crippen molar-refractivity contribution < 1.29 is 4.79 Å². The Bertz CT molecular complexity index is 617. The number of amides is 1. The summed E-state index contributed by atoms with van der Waals surface area (Å²) in [6.07, 6.45) is 3.66. The largest absolute Gasteiger partial charge is 0.351 e. The van der Waals surface area contributed by atoms with E-state index in [1.54, 1.807) is 6.20 Å². The molecule has 1 aliphatic heterocycles. The SMILES string of the molecule is O=C(CN1CCNCC1c1cccnc1)NCc1ccccc1. The molecule has 1 atom stereocenters. The lowest BCUT2D eigenvalue weighted by Gasteiger charge is -2.35. The van der Waals surface area contributed by atoms with Gasteiger partial charge in [0.05, 0.1) is 6.54 Å². The van der Waals surface area contributed by atoms with Crippen molar-refractivity contribution in [1.29, 1.82) is 0 Å². The summed E-state index contributed by atoms with van der Waals surface area (Å²) in [5.74, 6) is 0.0599. The van der Waals surface area contributed by atoms with E-state index in [2.05, 4.69) is 26.6 Å². The Morgan fingerprint density at radius 3 is 2.91 bits per heavy atom. The molecule has 0 bridgehead atoms. The zero-order chi connectivity index (χ0) is 15.9. The van der Waals surface area contributed by atoms with E-state index >= 15 is 0 Å². The topological polar surface area (TPSA) is 57.3 Å². The molecule has 1 amide bonds. The second kappa shape index (κ2) is 7.85. The highest BCUT2D eigenvalue weighted by Gasteiger charge is 2.25. The number of pyridine rings is 1. The van der Waals surface area contributed by atoms with Crippen molar-refractivity contribution in [2.75, 3.05) is 26.2 Å². The van der Waals surface area contributed by atoms with Gasteiger partial charge in [0, 0.05) is 44.6 Å². The van der Waals surface area contributed by atoms with Crippen LogP contribution in [-0.2, 0) is 11.3 Å². The van der Waals surface area contributed by atoms with Crippen LogP contribution >= 0.6 is 0 Å². The summed E-state index contributed by atoms with van der Waals surface area (Å²) >= 11 is 0. The Morgan fingerprint density at radius 1 is 1.26 bits per heavy atom. The molecule has 2 N–H and O–H groups in total. The standard InChI is InChI=1S/C18H22N4O/c23-18(21-11-15-5-2-1-3-6-15)14-22-10-9-20-13-17(22)16-7-4-8-19-12-16/h1-8,12,17,20H,9-11,13-14H2,(H,21,23). The first-order valence-corrected chi connectivity index (χ1v) is 7.98. The van der Waals surface area contributed by atoms with Gasteiger partial charge in [0.25, 0.3) is 0 Å². The molecule has 1 aliphatic rings. The number of piperazine rings is 1. The minimum absolute atomic E-state index is 0.0599. The van der Waals surface area contributed by atoms with Crippen LogP contribution in [0.5, 0.6) is 0 Å². The summed E-state index contributed by atoms with van der Waals surface area (Å²) in [4.78, 5) is 18.7. The van der Waals surface area contributed by atoms with Crippen molar-refractivity contribution in [3.8, 4) is 0 Å². The fourth-order valence-corrected chi connectivity index (χ4v) is 2.87. The quantitative estimate of drug-likeness (QED) is 0.875. The first kappa shape index (κ1) is 15.6. The predicted octanol–water partition coefficient (Wildman–Crippen LogP) is 1.34. The summed E-state index contributed by atoms with van der Waals surface area (Å²) in [7, 11) is 0. The molecule has 1 unspecified atom stereocenters. The number of nitrogens with zero attached hydrogens (tertiary/aromatic N) is 2. The molecule has 3 rings (SSSR count). The minimum Gasteiger partial charge on any atom is -0.351 e. The molecular formula is C18H22N4O. The first-order valence-electron chi connectivity index (χ1n) is 7.98. The fourth-order valence-electron chi connectivity index (χ4n) is 2.87. The zero-order valence-electron chi connectivity index (χ0n) is 13.1. The Kier molecular flexibility index (Phi) is 5.34. The smallest absolute Gasteiger partial charge is 0.234 e. The number of nitrogens with one attached hydrogen (secondary N) is 2. The van der Waals surface area contributed by atoms with Crippen LogP contribution in [-0.4, -0.2) is 42.0 Å². The lowest BCUT2D eigenvalue weighted by molar-refractivity contribution is -0.123. The van der Waals surface area contributed by atoms with Crippen molar-refractivity contribution in [3.05, 3.63) is 66.0 Å². The van der Waals surface area contributed by atoms with E-state index in [4.69, 9.17) is 0 Å². The van der Waals surface area contributed by atoms with Crippen molar-refractivity contribution in [2.45, 2.75) is 12.6 Å². The maximum absolute atomic E-state index is 12.3. The van der Waals surface area contributed by atoms with E-state index in [9.17, 15) is 4.79 Å². The summed E-state index contributed by atoms with van der Waals surface area (Å²) in [5, 5.41) is 6.39. The van der Waals surface area contributed by atoms with Crippen molar-refractivity contribution >= 4 is 5.91 Å². The van der Waals surface area contributed by atoms with Gasteiger partial charge in [-0.15, -0.1) is 0 Å². The number of carbonyl (C=O) groups is 1. The van der Waals surface area contributed by atoms with E-state index < -0.39 is 0 Å². The summed E-state index contributed by atoms with van der Waals surface area (Å²) in [6, 6.07) is 14.2. The Morgan fingerprint density at radius 2 is 2.13 bits per heavy atom. The van der Waals surface area contributed by atoms with Crippen LogP contribution in [0.15, 0.2) is 54.9 Å². The third-order valence-electron chi connectivity index (χ3n) is 4.10. The van der Waals surface area contributed by atoms with Crippen LogP contribution in [0, 0.1) is 0 Å². The van der Waals surface area contributed by atoms with E-state index in [-0.39, 0.29) is 11.9 Å². The normalized spacial score (nSPS) is 18.5. The van der Waals surface area contributed by atoms with Gasteiger partial charge < -0.3 is 10.6 Å². The van der Waals surface area contributed by atoms with Gasteiger partial charge in [0.15, 0.2) is 0 Å². The maximum atomic E-state index is 12.3. The molecule has 1 fully saturated rings. The fraction of sp³-hybridized carbons (Fsp3) is 0.333. The second-order valence-corrected chi connectivity index (χ2v) is 5.74. The van der Waals surface area contributed by atoms with Gasteiger partial charge in [0.1, 0.15) is 0 Å². The van der Waals surface area contributed by atoms with Crippen LogP contribution in [0.1, 0.15) is 17.2 Å². The van der Waals surface area contributed by atoms with Gasteiger partial charge >= 0.3 is 0 Å². The molecular weight excluding hydrogens is 288 g/mol. The molecule has 1 aromatic heterocycles. The molecule has 5 nitrogen and oxygen atoms in total. The van der Waals surface area contributed by atoms with Gasteiger partial charge in [-0.05, 0) is 17.2 Å². The molecule has 1 saturated heterocycles. The average Bonchev–Trinajstić information content (AvgIpc) is 2.62. The molecule has 1 aromatic carbocycles. The number of aromatic nitrogens is 1. The molecule has 120 valence electrons. The Hall–Kier alpha value is -2.24. The number of benzene rings is 1. The van der Waals surface area contributed by atoms with Crippen LogP contribution < -0.4 is 10.6 Å². The van der Waals surface area contributed by atoms with Crippen molar-refractivity contribution in [2.24, 2.45) is 0 Å². The number of hydrogen-bond donors (Lipinski definition) is 2. The lowest BCUT2D eigenvalue weighted by Crippen LogP contribution is -2.49. The highest BCUT2D eigenvalue weighted by Crippen LogP contribution is 2.20. The van der Waals surface area contributed by atoms with E-state index in [1.165, 1.54) is 0 Å². The molecule has 0 saturated carbocycles. The maximum Gasteiger partial charge on any atom is 0.234 e. The third kappa shape index (κ3) is 4.37. The van der Waals surface area contributed by atoms with E-state index in [0.29, 0.717) is 13.1 Å². The Labute approximate surface area is 136 Å². The molecule has 2 aromatic rings. The second-order valence-electron chi connectivity index (χ2n) is 5.74. The zero-order valence-corrected chi connectivity index (χ0v) is 13.1. The molecule has 0 spiro atoms. The predicted molar refractivity (Wildman–Crippen MR) is 89.7 cm³/mol. The molecule has 0 radical (unpaired) electrons. The van der Waals surface area contributed by atoms with Gasteiger partial charge in [-0.2, -0.15) is 0 Å². The highest BCUT2D eigenvalue weighted by molar-refractivity contribution is 5.78. The minimum atomic E-state index is 0.0599. The molecule has 23 heavy (non-hydrogen) atoms. The average molecular weight is 310 g/mol. The third-order valence-corrected chi connectivity index (χ3v) is 4.10. The van der Waals surface area contributed by atoms with E-state index in [1.807, 2.05) is 42.6 Å². The molecule has 0 aliphatic carbocycles. The number of hydrogen-bond acceptors (Lipinski definition) is 4. The monoisotopic (exact) mass is 310 g/mol. The van der Waals surface area contributed by atoms with Gasteiger partial charge in [-0.25, -0.2) is 0 Å². The van der Waals surface area contributed by atoms with Crippen LogP contribution in [0.2, 0.25) is 0 Å². The lowest BCUT2D eigenvalue weighted by atomic mass is 10.1. The van der Waals surface area contributed by atoms with Gasteiger partial charge in [-0.1, -0.05) is 36.4 Å². The van der Waals surface area contributed by atoms with Gasteiger partial charge in [-0.3, -0.25) is 14.7 Å². The van der Waals surface area contributed by atoms with Gasteiger partial charge in [0.2, 0.25) is 5.91 Å². The number of rotatable bonds is 5. The van der Waals surface area contributed by atoms with Crippen LogP contribution in [0.25, 0.3) is 0 Å². The first-order chi connectivity index (χ1) is 11.3. The summed E-state index contributed by atoms with van der Waals surface area (Å²) < 4.78 is 0. The van der Waals surface area contributed by atoms with Crippen LogP contribution in [0.4, 0.5) is 0 Å². The summed E-state index contributed by atoms with van der Waals surface area (Å²) in [6.45, 7) is 3.59. The summed E-state index contributed by atoms with van der Waals surface area (Å²) in [5.41, 5.74) is 2.26. The van der Waals surface area contributed by atoms with Crippen molar-refractivity contribution in [3.63, 3.8) is 0 Å². The Balaban J connectivity index is 1.57. The van der Waals surface area contributed by atoms with E-state index in [0.717, 1.165) is 30.8 Å². The van der Waals surface area contributed by atoms with Crippen LogP contribution in [0.3, 0.4) is 0 Å². The molecule has 5 heteroatoms. The highest BCUT2D eigenvalue weighted by atomic mass is 16.2.